The second-order valence-electron chi connectivity index (χ2n) is 11.1. The fourth-order valence-electron chi connectivity index (χ4n) is 2.34. The van der Waals surface area contributed by atoms with E-state index in [2.05, 4.69) is 9.46 Å². The molecule has 0 bridgehead atoms. The van der Waals surface area contributed by atoms with Crippen LogP contribution < -0.4 is 13.9 Å². The minimum atomic E-state index is -4.81. The van der Waals surface area contributed by atoms with E-state index in [1.54, 1.807) is 12.1 Å². The quantitative estimate of drug-likeness (QED) is 0.330. The van der Waals surface area contributed by atoms with Gasteiger partial charge in [-0.1, -0.05) is 26.8 Å². The van der Waals surface area contributed by atoms with E-state index in [9.17, 15) is 17.7 Å². The molecule has 0 aliphatic heterocycles. The van der Waals surface area contributed by atoms with Crippen molar-refractivity contribution >= 4 is 19.7 Å². The van der Waals surface area contributed by atoms with Crippen molar-refractivity contribution in [1.82, 2.24) is 4.72 Å². The number of ether oxygens (including phenoxy) is 1. The Morgan fingerprint density at radius 2 is 1.52 bits per heavy atom. The van der Waals surface area contributed by atoms with Crippen molar-refractivity contribution < 1.29 is 26.9 Å². The fourth-order valence-corrected chi connectivity index (χ4v) is 4.27. The molecule has 9 heteroatoms. The summed E-state index contributed by atoms with van der Waals surface area (Å²) in [7, 11) is -2.35. The molecule has 1 aromatic rings. The normalized spacial score (nSPS) is 15.0. The van der Waals surface area contributed by atoms with Gasteiger partial charge in [0.1, 0.15) is 10.5 Å². The van der Waals surface area contributed by atoms with Crippen molar-refractivity contribution in [3.05, 3.63) is 23.8 Å². The van der Waals surface area contributed by atoms with Gasteiger partial charge < -0.3 is 13.7 Å². The third-order valence-corrected chi connectivity index (χ3v) is 11.6. The highest BCUT2D eigenvalue weighted by molar-refractivity contribution is 7.90. The van der Waals surface area contributed by atoms with E-state index in [0.717, 1.165) is 0 Å². The van der Waals surface area contributed by atoms with Crippen LogP contribution in [0, 0.1) is 0 Å². The van der Waals surface area contributed by atoms with Crippen molar-refractivity contribution in [2.45, 2.75) is 103 Å². The molecule has 1 N–H and O–H groups in total. The summed E-state index contributed by atoms with van der Waals surface area (Å²) in [6.07, 6.45) is -3.73. The van der Waals surface area contributed by atoms with Gasteiger partial charge >= 0.3 is 6.36 Å². The standard InChI is InChI=1S/C22H38F3NO3SSi/c1-19(2,3)30(27)26-21(7,8)14-13-16-11-12-17(18(15-16)28-22(23,24)25)29-31(9,10)20(4,5)6/h11-12,15,26H,13-14H2,1-10H3. The summed E-state index contributed by atoms with van der Waals surface area (Å²) in [6, 6.07) is 4.72. The van der Waals surface area contributed by atoms with Gasteiger partial charge in [0.25, 0.3) is 8.32 Å². The number of halogens is 3. The molecule has 1 rings (SSSR count). The van der Waals surface area contributed by atoms with E-state index in [1.807, 2.05) is 68.5 Å². The SMILES string of the molecule is CC(C)(CCc1ccc(O[Si](C)(C)C(C)(C)C)c(OC(F)(F)F)c1)N[S+]([O-])C(C)(C)C. The Hall–Kier alpha value is -0.903. The van der Waals surface area contributed by atoms with Gasteiger partial charge in [-0.05, 0) is 83.3 Å². The van der Waals surface area contributed by atoms with Crippen LogP contribution in [-0.2, 0) is 17.8 Å². The van der Waals surface area contributed by atoms with Crippen LogP contribution in [-0.4, -0.2) is 29.5 Å². The summed E-state index contributed by atoms with van der Waals surface area (Å²) >= 11 is -1.24. The zero-order valence-corrected chi connectivity index (χ0v) is 22.2. The summed E-state index contributed by atoms with van der Waals surface area (Å²) in [6.45, 7) is 19.5. The molecule has 0 aliphatic carbocycles. The van der Waals surface area contributed by atoms with Gasteiger partial charge in [0, 0.05) is 11.4 Å². The first-order valence-electron chi connectivity index (χ1n) is 10.4. The number of aryl methyl sites for hydroxylation is 1. The Balaban J connectivity index is 3.08. The third kappa shape index (κ3) is 9.24. The Kier molecular flexibility index (Phi) is 8.65. The van der Waals surface area contributed by atoms with Crippen LogP contribution in [0.1, 0.15) is 67.4 Å². The topological polar surface area (TPSA) is 53.5 Å². The van der Waals surface area contributed by atoms with E-state index >= 15 is 0 Å². The molecule has 0 radical (unpaired) electrons. The van der Waals surface area contributed by atoms with Gasteiger partial charge in [-0.3, -0.25) is 0 Å². The fraction of sp³-hybridized carbons (Fsp3) is 0.727. The first kappa shape index (κ1) is 28.1. The minimum Gasteiger partial charge on any atom is -0.598 e. The van der Waals surface area contributed by atoms with Crippen molar-refractivity contribution in [3.8, 4) is 11.5 Å². The lowest BCUT2D eigenvalue weighted by Gasteiger charge is -2.37. The van der Waals surface area contributed by atoms with Crippen LogP contribution in [0.5, 0.6) is 11.5 Å². The van der Waals surface area contributed by atoms with Gasteiger partial charge in [-0.2, -0.15) is 0 Å². The van der Waals surface area contributed by atoms with Gasteiger partial charge in [-0.25, -0.2) is 0 Å². The number of nitrogens with one attached hydrogen (secondary N) is 1. The largest absolute Gasteiger partial charge is 0.598 e. The maximum Gasteiger partial charge on any atom is 0.573 e. The Labute approximate surface area is 189 Å². The number of benzene rings is 1. The number of hydrogen-bond donors (Lipinski definition) is 1. The lowest BCUT2D eigenvalue weighted by atomic mass is 9.96. The molecular weight excluding hydrogens is 443 g/mol. The Morgan fingerprint density at radius 3 is 1.97 bits per heavy atom. The lowest BCUT2D eigenvalue weighted by molar-refractivity contribution is -0.275. The zero-order valence-electron chi connectivity index (χ0n) is 20.4. The second kappa shape index (κ2) is 9.53. The minimum absolute atomic E-state index is 0.110. The molecule has 31 heavy (non-hydrogen) atoms. The molecule has 1 unspecified atom stereocenters. The van der Waals surface area contributed by atoms with Crippen LogP contribution >= 0.6 is 0 Å². The van der Waals surface area contributed by atoms with E-state index < -0.39 is 36.3 Å². The van der Waals surface area contributed by atoms with Crippen LogP contribution in [0.25, 0.3) is 0 Å². The maximum atomic E-state index is 13.0. The Bertz CT molecular complexity index is 741. The highest BCUT2D eigenvalue weighted by Crippen LogP contribution is 2.41. The highest BCUT2D eigenvalue weighted by Gasteiger charge is 2.40. The monoisotopic (exact) mass is 481 g/mol. The summed E-state index contributed by atoms with van der Waals surface area (Å²) in [4.78, 5) is 0. The van der Waals surface area contributed by atoms with E-state index in [1.165, 1.54) is 6.07 Å². The average molecular weight is 482 g/mol. The summed E-state index contributed by atoms with van der Waals surface area (Å²) in [5.41, 5.74) is 0.234. The maximum absolute atomic E-state index is 13.0. The molecule has 4 nitrogen and oxygen atoms in total. The molecule has 0 amide bonds. The lowest BCUT2D eigenvalue weighted by Crippen LogP contribution is -2.50. The van der Waals surface area contributed by atoms with E-state index in [0.29, 0.717) is 18.4 Å². The molecular formula is C22H38F3NO3SSi. The van der Waals surface area contributed by atoms with Crippen LogP contribution in [0.4, 0.5) is 13.2 Å². The van der Waals surface area contributed by atoms with Crippen LogP contribution in [0.2, 0.25) is 18.1 Å². The smallest absolute Gasteiger partial charge is 0.573 e. The first-order chi connectivity index (χ1) is 13.6. The van der Waals surface area contributed by atoms with Crippen molar-refractivity contribution in [1.29, 1.82) is 0 Å². The molecule has 0 fully saturated rings. The number of rotatable bonds is 8. The van der Waals surface area contributed by atoms with Gasteiger partial charge in [0.2, 0.25) is 0 Å². The zero-order chi connectivity index (χ0) is 24.5. The van der Waals surface area contributed by atoms with E-state index in [4.69, 9.17) is 4.43 Å². The summed E-state index contributed by atoms with van der Waals surface area (Å²) < 4.78 is 64.6. The predicted molar refractivity (Wildman–Crippen MR) is 124 cm³/mol. The molecule has 0 aromatic heterocycles. The molecule has 1 aromatic carbocycles. The van der Waals surface area contributed by atoms with E-state index in [-0.39, 0.29) is 16.5 Å². The molecule has 0 saturated heterocycles. The first-order valence-corrected chi connectivity index (χ1v) is 14.5. The van der Waals surface area contributed by atoms with Crippen molar-refractivity contribution in [2.75, 3.05) is 0 Å². The molecule has 0 spiro atoms. The molecule has 1 atom stereocenters. The molecule has 0 saturated carbocycles. The molecule has 0 aliphatic rings. The van der Waals surface area contributed by atoms with Gasteiger partial charge in [0.15, 0.2) is 5.75 Å². The van der Waals surface area contributed by atoms with Crippen molar-refractivity contribution in [3.63, 3.8) is 0 Å². The Morgan fingerprint density at radius 1 is 0.968 bits per heavy atom. The predicted octanol–water partition coefficient (Wildman–Crippen LogP) is 6.73. The average Bonchev–Trinajstić information content (AvgIpc) is 2.51. The van der Waals surface area contributed by atoms with Gasteiger partial charge in [-0.15, -0.1) is 17.9 Å². The van der Waals surface area contributed by atoms with Crippen molar-refractivity contribution in [2.24, 2.45) is 0 Å². The third-order valence-electron chi connectivity index (χ3n) is 5.37. The summed E-state index contributed by atoms with van der Waals surface area (Å²) in [5, 5.41) is -0.167. The summed E-state index contributed by atoms with van der Waals surface area (Å²) in [5.74, 6) is -0.210. The molecule has 180 valence electrons. The van der Waals surface area contributed by atoms with Gasteiger partial charge in [0.05, 0.1) is 5.54 Å². The van der Waals surface area contributed by atoms with Crippen LogP contribution in [0.15, 0.2) is 18.2 Å². The highest BCUT2D eigenvalue weighted by atomic mass is 32.2. The van der Waals surface area contributed by atoms with Crippen LogP contribution in [0.3, 0.4) is 0 Å². The molecule has 0 heterocycles. The number of hydrogen-bond acceptors (Lipinski definition) is 4. The number of alkyl halides is 3. The second-order valence-corrected chi connectivity index (χ2v) is 17.7.